The van der Waals surface area contributed by atoms with Crippen molar-refractivity contribution in [3.05, 3.63) is 42.1 Å². The van der Waals surface area contributed by atoms with Crippen molar-refractivity contribution in [2.24, 2.45) is 0 Å². The molecule has 2 rings (SSSR count). The van der Waals surface area contributed by atoms with E-state index in [1.165, 1.54) is 25.3 Å². The van der Waals surface area contributed by atoms with Gasteiger partial charge in [0.05, 0.1) is 13.7 Å². The number of hydrogen-bond donors (Lipinski definition) is 2. The van der Waals surface area contributed by atoms with E-state index in [2.05, 4.69) is 15.0 Å². The minimum absolute atomic E-state index is 0.109. The van der Waals surface area contributed by atoms with Crippen LogP contribution >= 0.6 is 0 Å². The lowest BCUT2D eigenvalue weighted by Gasteiger charge is -2.14. The number of carbonyl (C=O) groups excluding carboxylic acids is 1. The first-order chi connectivity index (χ1) is 12.8. The fourth-order valence-corrected chi connectivity index (χ4v) is 3.78. The molecular weight excluding hydrogens is 370 g/mol. The van der Waals surface area contributed by atoms with Crippen LogP contribution in [0.15, 0.2) is 41.4 Å². The highest BCUT2D eigenvalue weighted by atomic mass is 32.2. The first-order valence-corrected chi connectivity index (χ1v) is 9.86. The lowest BCUT2D eigenvalue weighted by molar-refractivity contribution is 0.102. The molecule has 0 aliphatic rings. The van der Waals surface area contributed by atoms with Crippen LogP contribution in [0.3, 0.4) is 0 Å². The average molecular weight is 393 g/mol. The Labute approximate surface area is 159 Å². The number of ether oxygens (including phenoxy) is 2. The van der Waals surface area contributed by atoms with Crippen LogP contribution in [-0.2, 0) is 10.0 Å². The molecule has 0 saturated heterocycles. The fourth-order valence-electron chi connectivity index (χ4n) is 2.33. The lowest BCUT2D eigenvalue weighted by Crippen LogP contribution is -2.30. The summed E-state index contributed by atoms with van der Waals surface area (Å²) in [5.41, 5.74) is 0.552. The summed E-state index contributed by atoms with van der Waals surface area (Å²) in [5.74, 6) is -0.0557. The van der Waals surface area contributed by atoms with Gasteiger partial charge in [0.25, 0.3) is 5.91 Å². The summed E-state index contributed by atoms with van der Waals surface area (Å²) in [6, 6.07) is 7.21. The highest BCUT2D eigenvalue weighted by Crippen LogP contribution is 2.26. The van der Waals surface area contributed by atoms with Gasteiger partial charge in [-0.2, -0.15) is 0 Å². The van der Waals surface area contributed by atoms with Gasteiger partial charge in [0.15, 0.2) is 0 Å². The summed E-state index contributed by atoms with van der Waals surface area (Å²) < 4.78 is 38.1. The van der Waals surface area contributed by atoms with E-state index in [4.69, 9.17) is 9.47 Å². The third-order valence-electron chi connectivity index (χ3n) is 3.41. The van der Waals surface area contributed by atoms with Gasteiger partial charge in [-0.05, 0) is 51.1 Å². The molecule has 0 unspecified atom stereocenters. The molecule has 1 aromatic heterocycles. The minimum atomic E-state index is -3.84. The summed E-state index contributed by atoms with van der Waals surface area (Å²) in [5, 5.41) is 2.69. The molecule has 8 nitrogen and oxygen atoms in total. The van der Waals surface area contributed by atoms with Gasteiger partial charge in [-0.25, -0.2) is 18.1 Å². The normalized spacial score (nSPS) is 11.3. The summed E-state index contributed by atoms with van der Waals surface area (Å²) in [7, 11) is -2.47. The number of amides is 1. The zero-order valence-electron chi connectivity index (χ0n) is 15.6. The number of nitrogens with one attached hydrogen (secondary N) is 2. The topological polar surface area (TPSA) is 107 Å². The maximum Gasteiger partial charge on any atom is 0.255 e. The van der Waals surface area contributed by atoms with Crippen molar-refractivity contribution in [2.75, 3.05) is 19.0 Å². The van der Waals surface area contributed by atoms with Crippen LogP contribution < -0.4 is 19.5 Å². The highest BCUT2D eigenvalue weighted by Gasteiger charge is 2.23. The first kappa shape index (κ1) is 20.7. The Morgan fingerprint density at radius 1 is 1.26 bits per heavy atom. The molecule has 1 heterocycles. The summed E-state index contributed by atoms with van der Waals surface area (Å²) in [4.78, 5) is 16.6. The summed E-state index contributed by atoms with van der Waals surface area (Å²) in [6.07, 6.45) is 1.55. The van der Waals surface area contributed by atoms with Crippen LogP contribution in [0.2, 0.25) is 0 Å². The molecule has 0 aliphatic heterocycles. The van der Waals surface area contributed by atoms with Crippen molar-refractivity contribution in [3.63, 3.8) is 0 Å². The minimum Gasteiger partial charge on any atom is -0.495 e. The molecule has 0 fully saturated rings. The number of carbonyl (C=O) groups is 1. The monoisotopic (exact) mass is 393 g/mol. The Kier molecular flexibility index (Phi) is 6.75. The van der Waals surface area contributed by atoms with Gasteiger partial charge in [0, 0.05) is 17.8 Å². The van der Waals surface area contributed by atoms with E-state index in [0.717, 1.165) is 0 Å². The molecule has 9 heteroatoms. The van der Waals surface area contributed by atoms with Crippen molar-refractivity contribution in [1.29, 1.82) is 0 Å². The van der Waals surface area contributed by atoms with Gasteiger partial charge in [-0.15, -0.1) is 0 Å². The van der Waals surface area contributed by atoms with E-state index in [-0.39, 0.29) is 28.1 Å². The molecule has 2 N–H and O–H groups in total. The Morgan fingerprint density at radius 3 is 2.63 bits per heavy atom. The fraction of sp³-hybridized carbons (Fsp3) is 0.333. The van der Waals surface area contributed by atoms with Crippen molar-refractivity contribution >= 4 is 21.6 Å². The van der Waals surface area contributed by atoms with E-state index in [1.807, 2.05) is 6.92 Å². The molecule has 1 amide bonds. The maximum atomic E-state index is 12.6. The molecule has 0 saturated carbocycles. The predicted octanol–water partition coefficient (Wildman–Crippen LogP) is 2.43. The van der Waals surface area contributed by atoms with Gasteiger partial charge in [0.1, 0.15) is 16.3 Å². The van der Waals surface area contributed by atoms with Crippen LogP contribution in [0.4, 0.5) is 5.69 Å². The van der Waals surface area contributed by atoms with Crippen molar-refractivity contribution < 1.29 is 22.7 Å². The first-order valence-electron chi connectivity index (χ1n) is 8.38. The SMILES string of the molecule is CCOc1ncccc1NC(=O)c1ccc(OC)c(S(=O)(=O)NC(C)C)c1. The Balaban J connectivity index is 2.37. The molecule has 0 bridgehead atoms. The number of methoxy groups -OCH3 is 1. The van der Waals surface area contributed by atoms with Crippen LogP contribution in [0, 0.1) is 0 Å². The number of nitrogens with zero attached hydrogens (tertiary/aromatic N) is 1. The molecule has 0 radical (unpaired) electrons. The molecule has 1 aromatic carbocycles. The zero-order chi connectivity index (χ0) is 20.0. The predicted molar refractivity (Wildman–Crippen MR) is 102 cm³/mol. The summed E-state index contributed by atoms with van der Waals surface area (Å²) >= 11 is 0. The van der Waals surface area contributed by atoms with Crippen LogP contribution in [0.5, 0.6) is 11.6 Å². The third kappa shape index (κ3) is 5.18. The third-order valence-corrected chi connectivity index (χ3v) is 5.09. The number of hydrogen-bond acceptors (Lipinski definition) is 6. The molecule has 27 heavy (non-hydrogen) atoms. The molecule has 146 valence electrons. The van der Waals surface area contributed by atoms with Gasteiger partial charge in [-0.3, -0.25) is 4.79 Å². The van der Waals surface area contributed by atoms with Gasteiger partial charge >= 0.3 is 0 Å². The number of benzene rings is 1. The molecular formula is C18H23N3O5S. The second-order valence-electron chi connectivity index (χ2n) is 5.88. The van der Waals surface area contributed by atoms with Crippen molar-refractivity contribution in [3.8, 4) is 11.6 Å². The lowest BCUT2D eigenvalue weighted by atomic mass is 10.2. The van der Waals surface area contributed by atoms with Gasteiger partial charge in [0.2, 0.25) is 15.9 Å². The quantitative estimate of drug-likeness (QED) is 0.713. The largest absolute Gasteiger partial charge is 0.495 e. The average Bonchev–Trinajstić information content (AvgIpc) is 2.62. The van der Waals surface area contributed by atoms with E-state index >= 15 is 0 Å². The second kappa shape index (κ2) is 8.83. The zero-order valence-corrected chi connectivity index (χ0v) is 16.5. The molecule has 0 spiro atoms. The van der Waals surface area contributed by atoms with Crippen molar-refractivity contribution in [1.82, 2.24) is 9.71 Å². The Hall–Kier alpha value is -2.65. The second-order valence-corrected chi connectivity index (χ2v) is 7.57. The van der Waals surface area contributed by atoms with E-state index in [9.17, 15) is 13.2 Å². The number of aromatic nitrogens is 1. The maximum absolute atomic E-state index is 12.6. The smallest absolute Gasteiger partial charge is 0.255 e. The number of rotatable bonds is 8. The van der Waals surface area contributed by atoms with Crippen LogP contribution in [-0.4, -0.2) is 39.1 Å². The number of pyridine rings is 1. The van der Waals surface area contributed by atoms with Gasteiger partial charge in [-0.1, -0.05) is 0 Å². The Bertz CT molecular complexity index is 913. The highest BCUT2D eigenvalue weighted by molar-refractivity contribution is 7.89. The summed E-state index contributed by atoms with van der Waals surface area (Å²) in [6.45, 7) is 5.62. The number of anilines is 1. The van der Waals surface area contributed by atoms with Crippen LogP contribution in [0.1, 0.15) is 31.1 Å². The molecule has 0 atom stereocenters. The van der Waals surface area contributed by atoms with E-state index < -0.39 is 15.9 Å². The van der Waals surface area contributed by atoms with E-state index in [0.29, 0.717) is 12.3 Å². The Morgan fingerprint density at radius 2 is 2.00 bits per heavy atom. The van der Waals surface area contributed by atoms with Gasteiger partial charge < -0.3 is 14.8 Å². The van der Waals surface area contributed by atoms with Crippen molar-refractivity contribution in [2.45, 2.75) is 31.7 Å². The number of sulfonamides is 1. The van der Waals surface area contributed by atoms with Crippen LogP contribution in [0.25, 0.3) is 0 Å². The van der Waals surface area contributed by atoms with E-state index in [1.54, 1.807) is 32.2 Å². The molecule has 0 aliphatic carbocycles. The standard InChI is InChI=1S/C18H23N3O5S/c1-5-26-18-14(7-6-10-19-18)20-17(22)13-8-9-15(25-4)16(11-13)27(23,24)21-12(2)3/h6-12,21H,5H2,1-4H3,(H,20,22). The molecule has 2 aromatic rings.